The summed E-state index contributed by atoms with van der Waals surface area (Å²) in [5, 5.41) is 0. The number of rotatable bonds is 8. The first kappa shape index (κ1) is 32.5. The average Bonchev–Trinajstić information content (AvgIpc) is 3.27. The van der Waals surface area contributed by atoms with Gasteiger partial charge in [-0.3, -0.25) is 0 Å². The highest BCUT2D eigenvalue weighted by Gasteiger charge is 2.16. The Labute approximate surface area is 314 Å². The molecule has 2 heterocycles. The van der Waals surface area contributed by atoms with E-state index in [2.05, 4.69) is 174 Å². The quantitative estimate of drug-likeness (QED) is 0.159. The summed E-state index contributed by atoms with van der Waals surface area (Å²) in [5.41, 5.74) is 12.6. The third kappa shape index (κ3) is 6.94. The maximum absolute atomic E-state index is 5.15. The van der Waals surface area contributed by atoms with Crippen molar-refractivity contribution in [2.24, 2.45) is 0 Å². The molecule has 0 aliphatic rings. The molecule has 0 bridgehead atoms. The average molecular weight is 692 g/mol. The van der Waals surface area contributed by atoms with Crippen LogP contribution in [0.2, 0.25) is 0 Å². The van der Waals surface area contributed by atoms with E-state index in [0.717, 1.165) is 66.8 Å². The Bertz CT molecular complexity index is 2540. The van der Waals surface area contributed by atoms with Crippen molar-refractivity contribution in [3.63, 3.8) is 0 Å². The van der Waals surface area contributed by atoms with Crippen molar-refractivity contribution >= 4 is 0 Å². The van der Waals surface area contributed by atoms with Gasteiger partial charge in [0.25, 0.3) is 0 Å². The first-order chi connectivity index (χ1) is 26.7. The molecular formula is C49H33N5. The van der Waals surface area contributed by atoms with Crippen molar-refractivity contribution in [1.29, 1.82) is 0 Å². The number of hydrogen-bond donors (Lipinski definition) is 0. The van der Waals surface area contributed by atoms with E-state index >= 15 is 0 Å². The van der Waals surface area contributed by atoms with E-state index < -0.39 is 0 Å². The molecule has 254 valence electrons. The van der Waals surface area contributed by atoms with Gasteiger partial charge >= 0.3 is 0 Å². The Balaban J connectivity index is 1.17. The Morgan fingerprint density at radius 1 is 0.204 bits per heavy atom. The number of nitrogens with zero attached hydrogens (tertiary/aromatic N) is 5. The SMILES string of the molecule is c1ccc(-c2ccc(-c3nc(-c4ccc(-c5ccccc5)cc4)nc(-c4cc(-c5ccccc5)cc(-c5ccc(-c6ncccn6)cc5)c4)n3)cc2)cc1. The molecule has 5 nitrogen and oxygen atoms in total. The monoisotopic (exact) mass is 691 g/mol. The standard InChI is InChI=1S/C49H33N5/c1-4-11-34(12-5-1)37-17-25-41(26-18-37)47-52-48(42-27-19-38(20-28-42)35-13-6-2-7-14-35)54-49(53-47)45-32-43(36-15-8-3-9-16-36)31-44(33-45)39-21-23-40(24-22-39)46-50-29-10-30-51-46/h1-33H. The summed E-state index contributed by atoms with van der Waals surface area (Å²) in [6.45, 7) is 0. The minimum absolute atomic E-state index is 0.600. The molecule has 0 amide bonds. The minimum Gasteiger partial charge on any atom is -0.237 e. The van der Waals surface area contributed by atoms with Gasteiger partial charge in [-0.05, 0) is 68.8 Å². The number of hydrogen-bond acceptors (Lipinski definition) is 5. The van der Waals surface area contributed by atoms with Crippen LogP contribution in [0.25, 0.3) is 90.1 Å². The largest absolute Gasteiger partial charge is 0.237 e. The predicted molar refractivity (Wildman–Crippen MR) is 219 cm³/mol. The third-order valence-electron chi connectivity index (χ3n) is 9.48. The van der Waals surface area contributed by atoms with Crippen molar-refractivity contribution in [2.75, 3.05) is 0 Å². The van der Waals surface area contributed by atoms with E-state index in [-0.39, 0.29) is 0 Å². The maximum Gasteiger partial charge on any atom is 0.164 e. The fourth-order valence-corrected chi connectivity index (χ4v) is 6.63. The Morgan fingerprint density at radius 3 is 0.889 bits per heavy atom. The smallest absolute Gasteiger partial charge is 0.164 e. The lowest BCUT2D eigenvalue weighted by atomic mass is 9.95. The molecule has 0 atom stereocenters. The minimum atomic E-state index is 0.600. The second-order valence-electron chi connectivity index (χ2n) is 13.0. The van der Waals surface area contributed by atoms with Crippen LogP contribution in [0.3, 0.4) is 0 Å². The van der Waals surface area contributed by atoms with E-state index in [4.69, 9.17) is 15.0 Å². The second kappa shape index (κ2) is 14.7. The van der Waals surface area contributed by atoms with Crippen molar-refractivity contribution in [3.05, 3.63) is 200 Å². The Morgan fingerprint density at radius 2 is 0.481 bits per heavy atom. The van der Waals surface area contributed by atoms with Gasteiger partial charge in [-0.15, -0.1) is 0 Å². The fourth-order valence-electron chi connectivity index (χ4n) is 6.63. The summed E-state index contributed by atoms with van der Waals surface area (Å²) >= 11 is 0. The summed E-state index contributed by atoms with van der Waals surface area (Å²) < 4.78 is 0. The zero-order chi connectivity index (χ0) is 36.1. The van der Waals surface area contributed by atoms with E-state index in [1.54, 1.807) is 12.4 Å². The molecule has 0 saturated heterocycles. The topological polar surface area (TPSA) is 64.5 Å². The molecule has 0 N–H and O–H groups in total. The van der Waals surface area contributed by atoms with Gasteiger partial charge in [-0.2, -0.15) is 0 Å². The highest BCUT2D eigenvalue weighted by molar-refractivity contribution is 5.81. The molecule has 9 rings (SSSR count). The molecule has 9 aromatic rings. The van der Waals surface area contributed by atoms with Crippen LogP contribution < -0.4 is 0 Å². The molecule has 2 aromatic heterocycles. The van der Waals surface area contributed by atoms with E-state index in [0.29, 0.717) is 23.3 Å². The van der Waals surface area contributed by atoms with Crippen molar-refractivity contribution in [1.82, 2.24) is 24.9 Å². The number of benzene rings is 7. The fraction of sp³-hybridized carbons (Fsp3) is 0. The van der Waals surface area contributed by atoms with Crippen LogP contribution in [0.15, 0.2) is 200 Å². The zero-order valence-corrected chi connectivity index (χ0v) is 29.3. The van der Waals surface area contributed by atoms with E-state index in [9.17, 15) is 0 Å². The first-order valence-electron chi connectivity index (χ1n) is 17.9. The number of aromatic nitrogens is 5. The highest BCUT2D eigenvalue weighted by Crippen LogP contribution is 2.35. The van der Waals surface area contributed by atoms with Gasteiger partial charge in [0.2, 0.25) is 0 Å². The van der Waals surface area contributed by atoms with Crippen molar-refractivity contribution < 1.29 is 0 Å². The molecule has 5 heteroatoms. The molecule has 0 aliphatic carbocycles. The molecule has 0 fully saturated rings. The normalized spacial score (nSPS) is 11.0. The third-order valence-corrected chi connectivity index (χ3v) is 9.48. The molecule has 0 saturated carbocycles. The first-order valence-corrected chi connectivity index (χ1v) is 17.9. The molecule has 0 spiro atoms. The van der Waals surface area contributed by atoms with Gasteiger partial charge < -0.3 is 0 Å². The molecule has 0 radical (unpaired) electrons. The summed E-state index contributed by atoms with van der Waals surface area (Å²) in [5.74, 6) is 2.52. The van der Waals surface area contributed by atoms with Crippen LogP contribution in [0.5, 0.6) is 0 Å². The molecule has 0 aliphatic heterocycles. The Kier molecular flexibility index (Phi) is 8.86. The van der Waals surface area contributed by atoms with Gasteiger partial charge in [0.15, 0.2) is 23.3 Å². The summed E-state index contributed by atoms with van der Waals surface area (Å²) in [4.78, 5) is 24.2. The van der Waals surface area contributed by atoms with Crippen molar-refractivity contribution in [2.45, 2.75) is 0 Å². The molecular weight excluding hydrogens is 659 g/mol. The van der Waals surface area contributed by atoms with Crippen LogP contribution in [-0.4, -0.2) is 24.9 Å². The Hall–Kier alpha value is -7.37. The van der Waals surface area contributed by atoms with E-state index in [1.165, 1.54) is 0 Å². The van der Waals surface area contributed by atoms with Crippen LogP contribution in [0.1, 0.15) is 0 Å². The maximum atomic E-state index is 5.15. The zero-order valence-electron chi connectivity index (χ0n) is 29.3. The van der Waals surface area contributed by atoms with Gasteiger partial charge in [0, 0.05) is 34.6 Å². The lowest BCUT2D eigenvalue weighted by Crippen LogP contribution is -2.00. The summed E-state index contributed by atoms with van der Waals surface area (Å²) in [7, 11) is 0. The summed E-state index contributed by atoms with van der Waals surface area (Å²) in [6, 6.07) is 64.8. The summed E-state index contributed by atoms with van der Waals surface area (Å²) in [6.07, 6.45) is 3.52. The lowest BCUT2D eigenvalue weighted by molar-refractivity contribution is 1.07. The van der Waals surface area contributed by atoms with Crippen LogP contribution in [-0.2, 0) is 0 Å². The van der Waals surface area contributed by atoms with Gasteiger partial charge in [-0.25, -0.2) is 24.9 Å². The second-order valence-corrected chi connectivity index (χ2v) is 13.0. The predicted octanol–water partition coefficient (Wildman–Crippen LogP) is 12.0. The van der Waals surface area contributed by atoms with Crippen LogP contribution in [0, 0.1) is 0 Å². The van der Waals surface area contributed by atoms with Crippen molar-refractivity contribution in [3.8, 4) is 90.1 Å². The molecule has 54 heavy (non-hydrogen) atoms. The molecule has 0 unspecified atom stereocenters. The van der Waals surface area contributed by atoms with E-state index in [1.807, 2.05) is 24.3 Å². The molecule has 7 aromatic carbocycles. The lowest BCUT2D eigenvalue weighted by Gasteiger charge is -2.13. The van der Waals surface area contributed by atoms with Gasteiger partial charge in [0.05, 0.1) is 0 Å². The van der Waals surface area contributed by atoms with Gasteiger partial charge in [0.1, 0.15) is 0 Å². The van der Waals surface area contributed by atoms with Crippen LogP contribution in [0.4, 0.5) is 0 Å². The van der Waals surface area contributed by atoms with Crippen LogP contribution >= 0.6 is 0 Å². The highest BCUT2D eigenvalue weighted by atomic mass is 15.0. The van der Waals surface area contributed by atoms with Gasteiger partial charge in [-0.1, -0.05) is 164 Å².